The van der Waals surface area contributed by atoms with Crippen molar-refractivity contribution in [1.82, 2.24) is 16.2 Å². The lowest BCUT2D eigenvalue weighted by molar-refractivity contribution is 0.0934. The van der Waals surface area contributed by atoms with Gasteiger partial charge in [0.25, 0.3) is 17.7 Å². The van der Waals surface area contributed by atoms with Crippen molar-refractivity contribution in [2.45, 2.75) is 26.2 Å². The second-order valence-corrected chi connectivity index (χ2v) is 9.52. The summed E-state index contributed by atoms with van der Waals surface area (Å²) in [5.74, 6) is -1.23. The van der Waals surface area contributed by atoms with Crippen molar-refractivity contribution in [2.24, 2.45) is 0 Å². The predicted molar refractivity (Wildman–Crippen MR) is 142 cm³/mol. The van der Waals surface area contributed by atoms with Crippen LogP contribution >= 0.6 is 23.8 Å². The molecule has 7 nitrogen and oxygen atoms in total. The Morgan fingerprint density at radius 2 is 1.31 bits per heavy atom. The molecule has 0 aliphatic rings. The maximum Gasteiger partial charge on any atom is 0.269 e. The highest BCUT2D eigenvalue weighted by molar-refractivity contribution is 7.80. The molecule has 0 unspecified atom stereocenters. The number of amides is 3. The Morgan fingerprint density at radius 1 is 0.743 bits per heavy atom. The molecular weight excluding hydrogens is 484 g/mol. The number of thiocarbonyl (C=S) groups is 1. The van der Waals surface area contributed by atoms with Crippen molar-refractivity contribution in [2.75, 3.05) is 5.32 Å². The van der Waals surface area contributed by atoms with Crippen LogP contribution in [0.5, 0.6) is 0 Å². The second kappa shape index (κ2) is 11.1. The number of nitrogens with one attached hydrogen (secondary N) is 4. The average molecular weight is 509 g/mol. The average Bonchev–Trinajstić information content (AvgIpc) is 2.82. The molecule has 0 saturated heterocycles. The number of carbonyl (C=O) groups is 3. The van der Waals surface area contributed by atoms with Gasteiger partial charge < -0.3 is 5.32 Å². The summed E-state index contributed by atoms with van der Waals surface area (Å²) in [4.78, 5) is 37.1. The molecule has 3 amide bonds. The highest BCUT2D eigenvalue weighted by atomic mass is 35.5. The van der Waals surface area contributed by atoms with Crippen molar-refractivity contribution in [1.29, 1.82) is 0 Å². The fourth-order valence-corrected chi connectivity index (χ4v) is 3.43. The highest BCUT2D eigenvalue weighted by Crippen LogP contribution is 2.22. The van der Waals surface area contributed by atoms with Crippen LogP contribution in [0, 0.1) is 0 Å². The smallest absolute Gasteiger partial charge is 0.269 e. The molecule has 9 heteroatoms. The van der Waals surface area contributed by atoms with E-state index in [0.717, 1.165) is 5.56 Å². The SMILES string of the molecule is CC(C)(C)c1ccc(C(=O)Nc2ccc(C(=O)NNC(=S)NC(=O)c3ccccc3Cl)cc2)cc1. The zero-order chi connectivity index (χ0) is 25.6. The van der Waals surface area contributed by atoms with Gasteiger partial charge in [0.2, 0.25) is 0 Å². The molecule has 0 radical (unpaired) electrons. The zero-order valence-corrected chi connectivity index (χ0v) is 21.0. The number of halogens is 1. The van der Waals surface area contributed by atoms with Gasteiger partial charge in [-0.05, 0) is 71.7 Å². The predicted octanol–water partition coefficient (Wildman–Crippen LogP) is 4.84. The minimum atomic E-state index is -0.504. The first-order chi connectivity index (χ1) is 16.5. The molecule has 4 N–H and O–H groups in total. The minimum absolute atomic E-state index is 0.00517. The van der Waals surface area contributed by atoms with Gasteiger partial charge in [0.1, 0.15) is 0 Å². The van der Waals surface area contributed by atoms with Crippen LogP contribution in [-0.4, -0.2) is 22.8 Å². The normalized spacial score (nSPS) is 10.7. The summed E-state index contributed by atoms with van der Waals surface area (Å²) in [5.41, 5.74) is 7.69. The standard InChI is InChI=1S/C26H25ClN4O3S/c1-26(2,3)18-12-8-16(9-13-18)22(32)28-19-14-10-17(11-15-19)23(33)30-31-25(35)29-24(34)20-6-4-5-7-21(20)27/h4-15H,1-3H3,(H,28,32)(H,30,33)(H2,29,31,34,35). The lowest BCUT2D eigenvalue weighted by Crippen LogP contribution is -2.48. The quantitative estimate of drug-likeness (QED) is 0.298. The van der Waals surface area contributed by atoms with Gasteiger partial charge in [0, 0.05) is 16.8 Å². The molecule has 3 aromatic carbocycles. The molecule has 0 bridgehead atoms. The maximum absolute atomic E-state index is 12.5. The van der Waals surface area contributed by atoms with Gasteiger partial charge in [-0.3, -0.25) is 30.6 Å². The summed E-state index contributed by atoms with van der Waals surface area (Å²) in [6.07, 6.45) is 0. The van der Waals surface area contributed by atoms with Crippen molar-refractivity contribution >= 4 is 52.3 Å². The molecule has 0 aliphatic carbocycles. The first kappa shape index (κ1) is 25.9. The van der Waals surface area contributed by atoms with Gasteiger partial charge in [0.15, 0.2) is 5.11 Å². The molecule has 35 heavy (non-hydrogen) atoms. The molecule has 0 atom stereocenters. The Bertz CT molecular complexity index is 1250. The van der Waals surface area contributed by atoms with Gasteiger partial charge in [-0.1, -0.05) is 56.6 Å². The molecule has 0 heterocycles. The topological polar surface area (TPSA) is 99.3 Å². The van der Waals surface area contributed by atoms with Gasteiger partial charge >= 0.3 is 0 Å². The molecule has 3 aromatic rings. The molecule has 0 aliphatic heterocycles. The van der Waals surface area contributed by atoms with Crippen LogP contribution in [-0.2, 0) is 5.41 Å². The Balaban J connectivity index is 1.51. The Kier molecular flexibility index (Phi) is 8.22. The van der Waals surface area contributed by atoms with Crippen LogP contribution < -0.4 is 21.5 Å². The summed E-state index contributed by atoms with van der Waals surface area (Å²) in [7, 11) is 0. The molecule has 3 rings (SSSR count). The molecule has 0 spiro atoms. The molecule has 0 saturated carbocycles. The number of hydrazine groups is 1. The minimum Gasteiger partial charge on any atom is -0.322 e. The number of rotatable bonds is 4. The van der Waals surface area contributed by atoms with E-state index >= 15 is 0 Å². The van der Waals surface area contributed by atoms with E-state index in [9.17, 15) is 14.4 Å². The first-order valence-corrected chi connectivity index (χ1v) is 11.5. The van der Waals surface area contributed by atoms with Crippen molar-refractivity contribution in [3.63, 3.8) is 0 Å². The first-order valence-electron chi connectivity index (χ1n) is 10.7. The van der Waals surface area contributed by atoms with Crippen molar-refractivity contribution < 1.29 is 14.4 Å². The lowest BCUT2D eigenvalue weighted by Gasteiger charge is -2.19. The molecular formula is C26H25ClN4O3S. The van der Waals surface area contributed by atoms with Crippen LogP contribution in [0.2, 0.25) is 5.02 Å². The monoisotopic (exact) mass is 508 g/mol. The summed E-state index contributed by atoms with van der Waals surface area (Å²) in [6, 6.07) is 20.3. The van der Waals surface area contributed by atoms with Gasteiger partial charge in [-0.2, -0.15) is 0 Å². The van der Waals surface area contributed by atoms with Gasteiger partial charge in [0.05, 0.1) is 10.6 Å². The third-order valence-electron chi connectivity index (χ3n) is 5.05. The fraction of sp³-hybridized carbons (Fsp3) is 0.154. The van der Waals surface area contributed by atoms with Crippen LogP contribution in [0.3, 0.4) is 0 Å². The van der Waals surface area contributed by atoms with Gasteiger partial charge in [-0.15, -0.1) is 0 Å². The maximum atomic E-state index is 12.5. The fourth-order valence-electron chi connectivity index (χ4n) is 3.06. The Labute approximate surface area is 214 Å². The number of anilines is 1. The number of benzene rings is 3. The third kappa shape index (κ3) is 7.11. The van der Waals surface area contributed by atoms with Crippen LogP contribution in [0.4, 0.5) is 5.69 Å². The van der Waals surface area contributed by atoms with E-state index < -0.39 is 11.8 Å². The van der Waals surface area contributed by atoms with E-state index in [1.54, 1.807) is 60.7 Å². The van der Waals surface area contributed by atoms with Crippen LogP contribution in [0.15, 0.2) is 72.8 Å². The van der Waals surface area contributed by atoms with Crippen molar-refractivity contribution in [3.05, 3.63) is 100 Å². The van der Waals surface area contributed by atoms with Crippen LogP contribution in [0.1, 0.15) is 57.4 Å². The van der Waals surface area contributed by atoms with Gasteiger partial charge in [-0.25, -0.2) is 0 Å². The van der Waals surface area contributed by atoms with E-state index in [2.05, 4.69) is 42.3 Å². The second-order valence-electron chi connectivity index (χ2n) is 8.70. The largest absolute Gasteiger partial charge is 0.322 e. The summed E-state index contributed by atoms with van der Waals surface area (Å²) >= 11 is 11.0. The Hall–Kier alpha value is -3.75. The van der Waals surface area contributed by atoms with Crippen molar-refractivity contribution in [3.8, 4) is 0 Å². The van der Waals surface area contributed by atoms with Crippen LogP contribution in [0.25, 0.3) is 0 Å². The Morgan fingerprint density at radius 3 is 1.91 bits per heavy atom. The summed E-state index contributed by atoms with van der Waals surface area (Å²) in [6.45, 7) is 6.33. The van der Waals surface area contributed by atoms with E-state index in [-0.39, 0.29) is 27.0 Å². The number of hydrogen-bond acceptors (Lipinski definition) is 4. The summed E-state index contributed by atoms with van der Waals surface area (Å²) in [5, 5.41) is 5.44. The van der Waals surface area contributed by atoms with E-state index in [1.165, 1.54) is 0 Å². The molecule has 0 aromatic heterocycles. The van der Waals surface area contributed by atoms with E-state index in [4.69, 9.17) is 23.8 Å². The highest BCUT2D eigenvalue weighted by Gasteiger charge is 2.15. The molecule has 180 valence electrons. The van der Waals surface area contributed by atoms with E-state index in [1.807, 2.05) is 12.1 Å². The molecule has 0 fully saturated rings. The summed E-state index contributed by atoms with van der Waals surface area (Å²) < 4.78 is 0. The third-order valence-corrected chi connectivity index (χ3v) is 5.59. The number of carbonyl (C=O) groups excluding carboxylic acids is 3. The number of hydrogen-bond donors (Lipinski definition) is 4. The van der Waals surface area contributed by atoms with E-state index in [0.29, 0.717) is 16.8 Å². The zero-order valence-electron chi connectivity index (χ0n) is 19.4. The lowest BCUT2D eigenvalue weighted by atomic mass is 9.87.